The third-order valence-corrected chi connectivity index (χ3v) is 5.16. The van der Waals surface area contributed by atoms with E-state index in [0.29, 0.717) is 17.5 Å². The molecule has 1 aliphatic rings. The summed E-state index contributed by atoms with van der Waals surface area (Å²) >= 11 is 0. The molecule has 7 heteroatoms. The van der Waals surface area contributed by atoms with Crippen molar-refractivity contribution in [2.45, 2.75) is 25.3 Å². The number of pyridine rings is 1. The van der Waals surface area contributed by atoms with Crippen LogP contribution >= 0.6 is 0 Å². The standard InChI is InChI=1S/C21H24N4O3/c1-26-17-6-7-19(27-2)16(13-17)14-25-11-8-15(9-12-25)20-23-21(28-24-20)18-5-3-4-10-22-18/h3-7,10,13,15H,8-9,11-12,14H2,1-2H3. The van der Waals surface area contributed by atoms with Crippen LogP contribution in [0.3, 0.4) is 0 Å². The maximum absolute atomic E-state index is 5.50. The maximum atomic E-state index is 5.50. The lowest BCUT2D eigenvalue weighted by molar-refractivity contribution is 0.198. The molecular weight excluding hydrogens is 356 g/mol. The summed E-state index contributed by atoms with van der Waals surface area (Å²) in [5.41, 5.74) is 1.85. The van der Waals surface area contributed by atoms with Crippen molar-refractivity contribution >= 4 is 0 Å². The molecule has 146 valence electrons. The van der Waals surface area contributed by atoms with E-state index in [1.807, 2.05) is 36.4 Å². The lowest BCUT2D eigenvalue weighted by Gasteiger charge is -2.31. The Morgan fingerprint density at radius 3 is 2.68 bits per heavy atom. The predicted molar refractivity (Wildman–Crippen MR) is 104 cm³/mol. The van der Waals surface area contributed by atoms with Crippen molar-refractivity contribution in [3.63, 3.8) is 0 Å². The quantitative estimate of drug-likeness (QED) is 0.648. The summed E-state index contributed by atoms with van der Waals surface area (Å²) in [7, 11) is 3.38. The Morgan fingerprint density at radius 2 is 1.96 bits per heavy atom. The van der Waals surface area contributed by atoms with Crippen molar-refractivity contribution in [3.05, 3.63) is 54.0 Å². The highest BCUT2D eigenvalue weighted by atomic mass is 16.5. The smallest absolute Gasteiger partial charge is 0.276 e. The summed E-state index contributed by atoms with van der Waals surface area (Å²) in [5, 5.41) is 4.19. The summed E-state index contributed by atoms with van der Waals surface area (Å²) in [6.45, 7) is 2.77. The van der Waals surface area contributed by atoms with E-state index in [2.05, 4.69) is 20.0 Å². The average molecular weight is 380 g/mol. The monoisotopic (exact) mass is 380 g/mol. The topological polar surface area (TPSA) is 73.5 Å². The second-order valence-corrected chi connectivity index (χ2v) is 6.90. The van der Waals surface area contributed by atoms with Gasteiger partial charge in [-0.15, -0.1) is 0 Å². The molecule has 0 saturated carbocycles. The largest absolute Gasteiger partial charge is 0.497 e. The predicted octanol–water partition coefficient (Wildman–Crippen LogP) is 3.53. The molecule has 2 aromatic heterocycles. The van der Waals surface area contributed by atoms with Crippen LogP contribution in [0.2, 0.25) is 0 Å². The molecule has 28 heavy (non-hydrogen) atoms. The third-order valence-electron chi connectivity index (χ3n) is 5.16. The molecule has 4 rings (SSSR count). The molecule has 1 fully saturated rings. The Hall–Kier alpha value is -2.93. The van der Waals surface area contributed by atoms with Crippen LogP contribution < -0.4 is 9.47 Å². The van der Waals surface area contributed by atoms with Crippen LogP contribution in [0.5, 0.6) is 11.5 Å². The average Bonchev–Trinajstić information content (AvgIpc) is 3.25. The molecule has 3 heterocycles. The van der Waals surface area contributed by atoms with Gasteiger partial charge in [0.2, 0.25) is 0 Å². The van der Waals surface area contributed by atoms with Crippen LogP contribution in [0.1, 0.15) is 30.1 Å². The highest BCUT2D eigenvalue weighted by molar-refractivity contribution is 5.45. The Labute approximate surface area is 164 Å². The summed E-state index contributed by atoms with van der Waals surface area (Å²) in [6, 6.07) is 11.6. The number of likely N-dealkylation sites (tertiary alicyclic amines) is 1. The first-order chi connectivity index (χ1) is 13.8. The van der Waals surface area contributed by atoms with Crippen LogP contribution in [0.15, 0.2) is 47.1 Å². The molecule has 0 N–H and O–H groups in total. The van der Waals surface area contributed by atoms with Crippen molar-refractivity contribution in [1.29, 1.82) is 0 Å². The Bertz CT molecular complexity index is 905. The van der Waals surface area contributed by atoms with E-state index < -0.39 is 0 Å². The Morgan fingerprint density at radius 1 is 1.11 bits per heavy atom. The SMILES string of the molecule is COc1ccc(OC)c(CN2CCC(c3noc(-c4ccccn4)n3)CC2)c1. The minimum atomic E-state index is 0.310. The van der Waals surface area contributed by atoms with Gasteiger partial charge in [0.1, 0.15) is 17.2 Å². The fourth-order valence-corrected chi connectivity index (χ4v) is 3.59. The van der Waals surface area contributed by atoms with Crippen molar-refractivity contribution in [2.24, 2.45) is 0 Å². The molecule has 1 aromatic carbocycles. The van der Waals surface area contributed by atoms with Crippen LogP contribution in [0.25, 0.3) is 11.6 Å². The first-order valence-electron chi connectivity index (χ1n) is 9.45. The van der Waals surface area contributed by atoms with E-state index in [0.717, 1.165) is 55.4 Å². The van der Waals surface area contributed by atoms with Gasteiger partial charge in [-0.3, -0.25) is 9.88 Å². The zero-order valence-electron chi connectivity index (χ0n) is 16.2. The zero-order valence-corrected chi connectivity index (χ0v) is 16.2. The van der Waals surface area contributed by atoms with Gasteiger partial charge in [0.05, 0.1) is 14.2 Å². The molecule has 3 aromatic rings. The minimum Gasteiger partial charge on any atom is -0.497 e. The van der Waals surface area contributed by atoms with E-state index in [9.17, 15) is 0 Å². The number of ether oxygens (including phenoxy) is 2. The summed E-state index contributed by atoms with van der Waals surface area (Å²) < 4.78 is 16.3. The van der Waals surface area contributed by atoms with E-state index >= 15 is 0 Å². The maximum Gasteiger partial charge on any atom is 0.276 e. The lowest BCUT2D eigenvalue weighted by atomic mass is 9.95. The number of benzene rings is 1. The van der Waals surface area contributed by atoms with Gasteiger partial charge in [-0.25, -0.2) is 0 Å². The second-order valence-electron chi connectivity index (χ2n) is 6.90. The molecule has 0 amide bonds. The van der Waals surface area contributed by atoms with Crippen molar-refractivity contribution < 1.29 is 14.0 Å². The van der Waals surface area contributed by atoms with E-state index in [-0.39, 0.29) is 0 Å². The number of rotatable bonds is 6. The molecule has 0 unspecified atom stereocenters. The van der Waals surface area contributed by atoms with E-state index in [4.69, 9.17) is 14.0 Å². The fourth-order valence-electron chi connectivity index (χ4n) is 3.59. The second kappa shape index (κ2) is 8.39. The Balaban J connectivity index is 1.38. The van der Waals surface area contributed by atoms with Gasteiger partial charge in [0, 0.05) is 24.2 Å². The molecule has 0 aliphatic carbocycles. The summed E-state index contributed by atoms with van der Waals surface area (Å²) in [5.74, 6) is 3.31. The van der Waals surface area contributed by atoms with E-state index in [1.54, 1.807) is 20.4 Å². The summed E-state index contributed by atoms with van der Waals surface area (Å²) in [6.07, 6.45) is 3.71. The third kappa shape index (κ3) is 3.99. The van der Waals surface area contributed by atoms with Crippen LogP contribution in [-0.2, 0) is 6.54 Å². The summed E-state index contributed by atoms with van der Waals surface area (Å²) in [4.78, 5) is 11.3. The number of nitrogens with zero attached hydrogens (tertiary/aromatic N) is 4. The van der Waals surface area contributed by atoms with Gasteiger partial charge >= 0.3 is 0 Å². The number of aromatic nitrogens is 3. The van der Waals surface area contributed by atoms with Gasteiger partial charge in [-0.2, -0.15) is 4.98 Å². The number of methoxy groups -OCH3 is 2. The molecule has 1 aliphatic heterocycles. The van der Waals surface area contributed by atoms with Crippen LogP contribution in [-0.4, -0.2) is 47.3 Å². The Kier molecular flexibility index (Phi) is 5.53. The molecular formula is C21H24N4O3. The van der Waals surface area contributed by atoms with Crippen molar-refractivity contribution in [2.75, 3.05) is 27.3 Å². The molecule has 0 spiro atoms. The molecule has 0 bridgehead atoms. The molecule has 1 saturated heterocycles. The van der Waals surface area contributed by atoms with Crippen LogP contribution in [0.4, 0.5) is 0 Å². The highest BCUT2D eigenvalue weighted by Gasteiger charge is 2.25. The van der Waals surface area contributed by atoms with Gasteiger partial charge in [-0.05, 0) is 56.3 Å². The number of hydrogen-bond acceptors (Lipinski definition) is 7. The van der Waals surface area contributed by atoms with Gasteiger partial charge in [0.15, 0.2) is 5.82 Å². The minimum absolute atomic E-state index is 0.310. The zero-order chi connectivity index (χ0) is 19.3. The lowest BCUT2D eigenvalue weighted by Crippen LogP contribution is -2.32. The fraction of sp³-hybridized carbons (Fsp3) is 0.381. The van der Waals surface area contributed by atoms with Gasteiger partial charge < -0.3 is 14.0 Å². The molecule has 0 radical (unpaired) electrons. The highest BCUT2D eigenvalue weighted by Crippen LogP contribution is 2.30. The normalized spacial score (nSPS) is 15.5. The van der Waals surface area contributed by atoms with Crippen molar-refractivity contribution in [3.8, 4) is 23.1 Å². The first kappa shape index (κ1) is 18.4. The number of piperidine rings is 1. The van der Waals surface area contributed by atoms with Gasteiger partial charge in [-0.1, -0.05) is 11.2 Å². The van der Waals surface area contributed by atoms with Gasteiger partial charge in [0.25, 0.3) is 5.89 Å². The molecule has 0 atom stereocenters. The molecule has 7 nitrogen and oxygen atoms in total. The number of hydrogen-bond donors (Lipinski definition) is 0. The van der Waals surface area contributed by atoms with Crippen molar-refractivity contribution in [1.82, 2.24) is 20.0 Å². The van der Waals surface area contributed by atoms with Crippen LogP contribution in [0, 0.1) is 0 Å². The van der Waals surface area contributed by atoms with E-state index in [1.165, 1.54) is 0 Å². The first-order valence-corrected chi connectivity index (χ1v) is 9.45.